The van der Waals surface area contributed by atoms with Crippen molar-refractivity contribution >= 4 is 12.4 Å². The van der Waals surface area contributed by atoms with Gasteiger partial charge in [-0.25, -0.2) is 8.78 Å². The highest BCUT2D eigenvalue weighted by Crippen LogP contribution is 2.22. The molecule has 3 rings (SSSR count). The van der Waals surface area contributed by atoms with Gasteiger partial charge in [0, 0.05) is 13.1 Å². The van der Waals surface area contributed by atoms with Gasteiger partial charge >= 0.3 is 0 Å². The fourth-order valence-electron chi connectivity index (χ4n) is 2.74. The first kappa shape index (κ1) is 15.9. The molecule has 1 aliphatic carbocycles. The molecule has 0 saturated heterocycles. The van der Waals surface area contributed by atoms with Crippen LogP contribution in [0.5, 0.6) is 0 Å². The molecule has 0 bridgehead atoms. The third-order valence-corrected chi connectivity index (χ3v) is 3.81. The van der Waals surface area contributed by atoms with Gasteiger partial charge in [0.1, 0.15) is 0 Å². The van der Waals surface area contributed by atoms with E-state index in [1.54, 1.807) is 6.07 Å². The number of fused-ring (bicyclic) bond motifs is 1. The van der Waals surface area contributed by atoms with Crippen LogP contribution in [0.2, 0.25) is 0 Å². The third-order valence-electron chi connectivity index (χ3n) is 3.81. The maximum Gasteiger partial charge on any atom is 0.159 e. The maximum absolute atomic E-state index is 13.1. The quantitative estimate of drug-likeness (QED) is 0.894. The smallest absolute Gasteiger partial charge is 0.159 e. The second-order valence-corrected chi connectivity index (χ2v) is 5.31. The van der Waals surface area contributed by atoms with Gasteiger partial charge in [-0.05, 0) is 53.6 Å². The molecule has 1 aliphatic rings. The molecule has 0 amide bonds. The van der Waals surface area contributed by atoms with Crippen LogP contribution in [0.15, 0.2) is 36.4 Å². The third kappa shape index (κ3) is 3.80. The average Bonchev–Trinajstić information content (AvgIpc) is 2.90. The van der Waals surface area contributed by atoms with Crippen molar-refractivity contribution in [3.8, 4) is 0 Å². The van der Waals surface area contributed by atoms with Gasteiger partial charge in [0.25, 0.3) is 0 Å². The van der Waals surface area contributed by atoms with E-state index in [1.165, 1.54) is 48.1 Å². The van der Waals surface area contributed by atoms with E-state index in [-0.39, 0.29) is 12.4 Å². The lowest BCUT2D eigenvalue weighted by Gasteiger charge is -2.07. The number of aryl methyl sites for hydroxylation is 2. The topological polar surface area (TPSA) is 12.0 Å². The molecule has 0 fully saturated rings. The summed E-state index contributed by atoms with van der Waals surface area (Å²) in [7, 11) is 0. The molecular formula is C17H18ClF2N. The van der Waals surface area contributed by atoms with Crippen molar-refractivity contribution in [2.75, 3.05) is 0 Å². The van der Waals surface area contributed by atoms with E-state index >= 15 is 0 Å². The van der Waals surface area contributed by atoms with Crippen LogP contribution < -0.4 is 5.32 Å². The molecule has 0 aliphatic heterocycles. The first-order chi connectivity index (χ1) is 9.72. The highest BCUT2D eigenvalue weighted by Gasteiger charge is 2.10. The summed E-state index contributed by atoms with van der Waals surface area (Å²) in [5.41, 5.74) is 4.92. The Balaban J connectivity index is 0.00000161. The molecule has 0 atom stereocenters. The van der Waals surface area contributed by atoms with E-state index in [4.69, 9.17) is 0 Å². The molecule has 1 nitrogen and oxygen atoms in total. The van der Waals surface area contributed by atoms with Crippen molar-refractivity contribution in [2.45, 2.75) is 32.4 Å². The first-order valence-electron chi connectivity index (χ1n) is 6.98. The average molecular weight is 310 g/mol. The summed E-state index contributed by atoms with van der Waals surface area (Å²) in [5, 5.41) is 3.27. The van der Waals surface area contributed by atoms with E-state index < -0.39 is 11.6 Å². The van der Waals surface area contributed by atoms with E-state index in [9.17, 15) is 8.78 Å². The van der Waals surface area contributed by atoms with E-state index in [2.05, 4.69) is 23.5 Å². The highest BCUT2D eigenvalue weighted by atomic mass is 35.5. The predicted octanol–water partition coefficient (Wildman–Crippen LogP) is 4.17. The largest absolute Gasteiger partial charge is 0.309 e. The molecule has 0 heterocycles. The second kappa shape index (κ2) is 7.01. The minimum Gasteiger partial charge on any atom is -0.309 e. The Bertz CT molecular complexity index is 628. The fourth-order valence-corrected chi connectivity index (χ4v) is 2.74. The van der Waals surface area contributed by atoms with E-state index in [0.717, 1.165) is 12.1 Å². The number of nitrogens with one attached hydrogen (secondary N) is 1. The molecule has 2 aromatic carbocycles. The van der Waals surface area contributed by atoms with Crippen LogP contribution in [0.4, 0.5) is 8.78 Å². The molecule has 4 heteroatoms. The molecule has 1 N–H and O–H groups in total. The molecule has 112 valence electrons. The second-order valence-electron chi connectivity index (χ2n) is 5.31. The lowest BCUT2D eigenvalue weighted by atomic mass is 10.1. The van der Waals surface area contributed by atoms with Crippen LogP contribution in [-0.4, -0.2) is 0 Å². The molecule has 0 spiro atoms. The van der Waals surface area contributed by atoms with Crippen molar-refractivity contribution in [1.29, 1.82) is 0 Å². The van der Waals surface area contributed by atoms with Gasteiger partial charge in [-0.15, -0.1) is 12.4 Å². The minimum absolute atomic E-state index is 0. The molecule has 21 heavy (non-hydrogen) atoms. The number of rotatable bonds is 4. The number of hydrogen-bond acceptors (Lipinski definition) is 1. The molecular weight excluding hydrogens is 292 g/mol. The van der Waals surface area contributed by atoms with Gasteiger partial charge in [0.2, 0.25) is 0 Å². The van der Waals surface area contributed by atoms with Crippen molar-refractivity contribution in [3.05, 3.63) is 70.3 Å². The highest BCUT2D eigenvalue weighted by molar-refractivity contribution is 5.85. The Morgan fingerprint density at radius 2 is 1.48 bits per heavy atom. The minimum atomic E-state index is -0.799. The summed E-state index contributed by atoms with van der Waals surface area (Å²) in [5.74, 6) is -1.59. The Labute approximate surface area is 129 Å². The fraction of sp³-hybridized carbons (Fsp3) is 0.294. The molecule has 0 radical (unpaired) electrons. The lowest BCUT2D eigenvalue weighted by Crippen LogP contribution is -2.13. The molecule has 0 saturated carbocycles. The van der Waals surface area contributed by atoms with Crippen LogP contribution in [0.3, 0.4) is 0 Å². The summed E-state index contributed by atoms with van der Waals surface area (Å²) in [6.07, 6.45) is 3.62. The van der Waals surface area contributed by atoms with Gasteiger partial charge < -0.3 is 5.32 Å². The molecule has 0 unspecified atom stereocenters. The SMILES string of the molecule is Cl.Fc1ccc(CNCc2ccc3c(c2)CCC3)cc1F. The molecule has 0 aromatic heterocycles. The maximum atomic E-state index is 13.1. The number of hydrogen-bond donors (Lipinski definition) is 1. The monoisotopic (exact) mass is 309 g/mol. The summed E-state index contributed by atoms with van der Waals surface area (Å²) in [4.78, 5) is 0. The Kier molecular flexibility index (Phi) is 5.32. The van der Waals surface area contributed by atoms with Crippen LogP contribution in [0, 0.1) is 11.6 Å². The Morgan fingerprint density at radius 3 is 2.24 bits per heavy atom. The van der Waals surface area contributed by atoms with Gasteiger partial charge in [0.05, 0.1) is 0 Å². The zero-order valence-corrected chi connectivity index (χ0v) is 12.5. The van der Waals surface area contributed by atoms with Gasteiger partial charge in [0.15, 0.2) is 11.6 Å². The summed E-state index contributed by atoms with van der Waals surface area (Å²) < 4.78 is 25.9. The Hall–Kier alpha value is -1.45. The van der Waals surface area contributed by atoms with Crippen molar-refractivity contribution in [3.63, 3.8) is 0 Å². The van der Waals surface area contributed by atoms with Gasteiger partial charge in [-0.1, -0.05) is 24.3 Å². The van der Waals surface area contributed by atoms with Gasteiger partial charge in [-0.3, -0.25) is 0 Å². The van der Waals surface area contributed by atoms with Crippen molar-refractivity contribution < 1.29 is 8.78 Å². The summed E-state index contributed by atoms with van der Waals surface area (Å²) >= 11 is 0. The van der Waals surface area contributed by atoms with Crippen LogP contribution >= 0.6 is 12.4 Å². The van der Waals surface area contributed by atoms with Crippen LogP contribution in [0.1, 0.15) is 28.7 Å². The van der Waals surface area contributed by atoms with Crippen molar-refractivity contribution in [1.82, 2.24) is 5.32 Å². The lowest BCUT2D eigenvalue weighted by molar-refractivity contribution is 0.506. The predicted molar refractivity (Wildman–Crippen MR) is 82.6 cm³/mol. The van der Waals surface area contributed by atoms with Crippen LogP contribution in [0.25, 0.3) is 0 Å². The number of halogens is 3. The summed E-state index contributed by atoms with van der Waals surface area (Å²) in [6.45, 7) is 1.28. The zero-order chi connectivity index (χ0) is 13.9. The van der Waals surface area contributed by atoms with Crippen molar-refractivity contribution in [2.24, 2.45) is 0 Å². The standard InChI is InChI=1S/C17H17F2N.ClH/c18-16-7-5-13(9-17(16)19)11-20-10-12-4-6-14-2-1-3-15(14)8-12;/h4-9,20H,1-3,10-11H2;1H. The Morgan fingerprint density at radius 1 is 0.810 bits per heavy atom. The summed E-state index contributed by atoms with van der Waals surface area (Å²) in [6, 6.07) is 10.6. The van der Waals surface area contributed by atoms with E-state index in [1.807, 2.05) is 0 Å². The zero-order valence-electron chi connectivity index (χ0n) is 11.7. The molecule has 2 aromatic rings. The normalized spacial score (nSPS) is 12.9. The first-order valence-corrected chi connectivity index (χ1v) is 6.98. The van der Waals surface area contributed by atoms with Gasteiger partial charge in [-0.2, -0.15) is 0 Å². The van der Waals surface area contributed by atoms with E-state index in [0.29, 0.717) is 6.54 Å². The van der Waals surface area contributed by atoms with Crippen LogP contribution in [-0.2, 0) is 25.9 Å². The number of benzene rings is 2.